The molecule has 0 spiro atoms. The molecule has 2 aromatic rings. The van der Waals surface area contributed by atoms with Crippen LogP contribution in [0.25, 0.3) is 0 Å². The summed E-state index contributed by atoms with van der Waals surface area (Å²) < 4.78 is 48.0. The van der Waals surface area contributed by atoms with E-state index in [4.69, 9.17) is 10.9 Å². The molecular weight excluding hydrogens is 324 g/mol. The third-order valence-corrected chi connectivity index (χ3v) is 5.90. The van der Waals surface area contributed by atoms with E-state index in [2.05, 4.69) is 0 Å². The number of hydrogen-bond donors (Lipinski definition) is 2. The van der Waals surface area contributed by atoms with Crippen molar-refractivity contribution in [1.82, 2.24) is 0 Å². The van der Waals surface area contributed by atoms with Crippen molar-refractivity contribution < 1.29 is 16.8 Å². The zero-order valence-corrected chi connectivity index (χ0v) is 13.5. The van der Waals surface area contributed by atoms with Crippen LogP contribution in [0.2, 0.25) is 0 Å². The average molecular weight is 340 g/mol. The monoisotopic (exact) mass is 340 g/mol. The van der Waals surface area contributed by atoms with Gasteiger partial charge in [-0.05, 0) is 42.3 Å². The standard InChI is InChI=1S/C14H16N2O4S2/c1-10-8-12(6-7-13(10)15)21(17,18)9-11-4-2-3-5-14(11)22(16,19)20/h2-8H,9,15H2,1H3,(H2,16,19,20). The van der Waals surface area contributed by atoms with Gasteiger partial charge in [-0.15, -0.1) is 0 Å². The molecule has 0 atom stereocenters. The molecule has 0 aliphatic heterocycles. The maximum atomic E-state index is 12.5. The predicted molar refractivity (Wildman–Crippen MR) is 84.3 cm³/mol. The van der Waals surface area contributed by atoms with E-state index in [-0.39, 0.29) is 15.4 Å². The third-order valence-electron chi connectivity index (χ3n) is 3.23. The highest BCUT2D eigenvalue weighted by molar-refractivity contribution is 7.91. The van der Waals surface area contributed by atoms with Gasteiger partial charge in [-0.3, -0.25) is 0 Å². The van der Waals surface area contributed by atoms with Gasteiger partial charge in [-0.25, -0.2) is 22.0 Å². The molecule has 6 nitrogen and oxygen atoms in total. The number of anilines is 1. The van der Waals surface area contributed by atoms with Gasteiger partial charge >= 0.3 is 0 Å². The number of hydrogen-bond acceptors (Lipinski definition) is 5. The Morgan fingerprint density at radius 2 is 1.64 bits per heavy atom. The lowest BCUT2D eigenvalue weighted by Gasteiger charge is -2.10. The number of primary sulfonamides is 1. The lowest BCUT2D eigenvalue weighted by Crippen LogP contribution is -2.16. The van der Waals surface area contributed by atoms with Crippen molar-refractivity contribution in [3.8, 4) is 0 Å². The van der Waals surface area contributed by atoms with Gasteiger partial charge in [-0.2, -0.15) is 0 Å². The van der Waals surface area contributed by atoms with Crippen molar-refractivity contribution in [1.29, 1.82) is 0 Å². The normalized spacial score (nSPS) is 12.3. The van der Waals surface area contributed by atoms with Crippen molar-refractivity contribution >= 4 is 25.5 Å². The topological polar surface area (TPSA) is 120 Å². The number of rotatable bonds is 4. The number of benzene rings is 2. The molecular formula is C14H16N2O4S2. The van der Waals surface area contributed by atoms with Crippen molar-refractivity contribution in [3.63, 3.8) is 0 Å². The summed E-state index contributed by atoms with van der Waals surface area (Å²) in [7, 11) is -7.70. The molecule has 0 bridgehead atoms. The molecule has 118 valence electrons. The zero-order chi connectivity index (χ0) is 16.5. The van der Waals surface area contributed by atoms with Crippen molar-refractivity contribution in [2.45, 2.75) is 22.5 Å². The molecule has 0 fully saturated rings. The Hall–Kier alpha value is -1.90. The van der Waals surface area contributed by atoms with Crippen molar-refractivity contribution in [2.75, 3.05) is 5.73 Å². The van der Waals surface area contributed by atoms with Crippen LogP contribution in [-0.4, -0.2) is 16.8 Å². The molecule has 0 unspecified atom stereocenters. The molecule has 0 amide bonds. The first-order chi connectivity index (χ1) is 10.1. The van der Waals surface area contributed by atoms with E-state index in [9.17, 15) is 16.8 Å². The lowest BCUT2D eigenvalue weighted by atomic mass is 10.2. The van der Waals surface area contributed by atoms with E-state index in [1.165, 1.54) is 36.4 Å². The van der Waals surface area contributed by atoms with Gasteiger partial charge < -0.3 is 5.73 Å². The van der Waals surface area contributed by atoms with Gasteiger partial charge in [0.2, 0.25) is 10.0 Å². The fourth-order valence-corrected chi connectivity index (χ4v) is 4.36. The molecule has 0 saturated carbocycles. The Labute approximate surface area is 129 Å². The summed E-state index contributed by atoms with van der Waals surface area (Å²) in [6, 6.07) is 10.1. The fourth-order valence-electron chi connectivity index (χ4n) is 2.03. The van der Waals surface area contributed by atoms with Gasteiger partial charge in [0.05, 0.1) is 15.5 Å². The quantitative estimate of drug-likeness (QED) is 0.810. The van der Waals surface area contributed by atoms with Crippen molar-refractivity contribution in [3.05, 3.63) is 53.6 Å². The summed E-state index contributed by atoms with van der Waals surface area (Å²) in [5.41, 5.74) is 6.94. The maximum Gasteiger partial charge on any atom is 0.238 e. The van der Waals surface area contributed by atoms with Gasteiger partial charge in [0.15, 0.2) is 9.84 Å². The fraction of sp³-hybridized carbons (Fsp3) is 0.143. The van der Waals surface area contributed by atoms with E-state index < -0.39 is 25.6 Å². The second-order valence-corrected chi connectivity index (χ2v) is 8.45. The number of nitrogens with two attached hydrogens (primary N) is 2. The molecule has 0 aliphatic carbocycles. The van der Waals surface area contributed by atoms with E-state index in [0.717, 1.165) is 0 Å². The van der Waals surface area contributed by atoms with E-state index in [1.54, 1.807) is 13.0 Å². The van der Waals surface area contributed by atoms with Crippen LogP contribution in [0.1, 0.15) is 11.1 Å². The minimum atomic E-state index is -3.99. The summed E-state index contributed by atoms with van der Waals surface area (Å²) in [4.78, 5) is -0.103. The molecule has 2 aromatic carbocycles. The molecule has 0 heterocycles. The Morgan fingerprint density at radius 3 is 2.23 bits per heavy atom. The highest BCUT2D eigenvalue weighted by atomic mass is 32.2. The number of aryl methyl sites for hydroxylation is 1. The second-order valence-electron chi connectivity index (χ2n) is 4.93. The second kappa shape index (κ2) is 5.71. The van der Waals surface area contributed by atoms with Crippen LogP contribution in [-0.2, 0) is 25.6 Å². The highest BCUT2D eigenvalue weighted by Crippen LogP contribution is 2.23. The first-order valence-electron chi connectivity index (χ1n) is 6.31. The summed E-state index contributed by atoms with van der Waals surface area (Å²) in [6.45, 7) is 1.70. The van der Waals surface area contributed by atoms with Crippen LogP contribution >= 0.6 is 0 Å². The van der Waals surface area contributed by atoms with Crippen LogP contribution < -0.4 is 10.9 Å². The number of sulfone groups is 1. The summed E-state index contributed by atoms with van der Waals surface area (Å²) >= 11 is 0. The summed E-state index contributed by atoms with van der Waals surface area (Å²) in [5.74, 6) is -0.455. The van der Waals surface area contributed by atoms with Crippen LogP contribution in [0.15, 0.2) is 52.3 Å². The van der Waals surface area contributed by atoms with Crippen LogP contribution in [0, 0.1) is 6.92 Å². The summed E-state index contributed by atoms with van der Waals surface area (Å²) in [6.07, 6.45) is 0. The van der Waals surface area contributed by atoms with Gasteiger partial charge in [0, 0.05) is 5.69 Å². The van der Waals surface area contributed by atoms with Crippen molar-refractivity contribution in [2.24, 2.45) is 5.14 Å². The van der Waals surface area contributed by atoms with E-state index >= 15 is 0 Å². The SMILES string of the molecule is Cc1cc(S(=O)(=O)Cc2ccccc2S(N)(=O)=O)ccc1N. The minimum absolute atomic E-state index is 0.0865. The van der Waals surface area contributed by atoms with Gasteiger partial charge in [-0.1, -0.05) is 18.2 Å². The molecule has 0 saturated heterocycles. The van der Waals surface area contributed by atoms with Crippen LogP contribution in [0.3, 0.4) is 0 Å². The van der Waals surface area contributed by atoms with Gasteiger partial charge in [0.1, 0.15) is 0 Å². The first kappa shape index (κ1) is 16.5. The van der Waals surface area contributed by atoms with Crippen LogP contribution in [0.4, 0.5) is 5.69 Å². The average Bonchev–Trinajstić information content (AvgIpc) is 2.40. The van der Waals surface area contributed by atoms with E-state index in [0.29, 0.717) is 11.3 Å². The Kier molecular flexibility index (Phi) is 4.28. The molecule has 8 heteroatoms. The summed E-state index contributed by atoms with van der Waals surface area (Å²) in [5, 5.41) is 5.12. The maximum absolute atomic E-state index is 12.5. The number of nitrogen functional groups attached to an aromatic ring is 1. The Bertz CT molecular complexity index is 920. The molecule has 0 radical (unpaired) electrons. The molecule has 0 aromatic heterocycles. The van der Waals surface area contributed by atoms with Crippen LogP contribution in [0.5, 0.6) is 0 Å². The smallest absolute Gasteiger partial charge is 0.238 e. The molecule has 22 heavy (non-hydrogen) atoms. The third kappa shape index (κ3) is 3.46. The minimum Gasteiger partial charge on any atom is -0.399 e. The first-order valence-corrected chi connectivity index (χ1v) is 9.51. The largest absolute Gasteiger partial charge is 0.399 e. The van der Waals surface area contributed by atoms with Gasteiger partial charge in [0.25, 0.3) is 0 Å². The highest BCUT2D eigenvalue weighted by Gasteiger charge is 2.21. The molecule has 2 rings (SSSR count). The molecule has 0 aliphatic rings. The zero-order valence-electron chi connectivity index (χ0n) is 11.9. The number of sulfonamides is 1. The Balaban J connectivity index is 2.48. The lowest BCUT2D eigenvalue weighted by molar-refractivity contribution is 0.593. The Morgan fingerprint density at radius 1 is 1.00 bits per heavy atom. The predicted octanol–water partition coefficient (Wildman–Crippen LogP) is 1.20. The molecule has 4 N–H and O–H groups in total. The van der Waals surface area contributed by atoms with E-state index in [1.807, 2.05) is 0 Å².